The number of sulfonamides is 1. The first-order valence-corrected chi connectivity index (χ1v) is 12.6. The molecule has 0 spiro atoms. The Labute approximate surface area is 210 Å². The van der Waals surface area contributed by atoms with Gasteiger partial charge in [0, 0.05) is 27.7 Å². The fraction of sp³-hybridized carbons (Fsp3) is 0.130. The molecule has 2 aromatic carbocycles. The van der Waals surface area contributed by atoms with Gasteiger partial charge in [-0.25, -0.2) is 27.8 Å². The van der Waals surface area contributed by atoms with E-state index in [9.17, 15) is 13.2 Å². The van der Waals surface area contributed by atoms with Crippen LogP contribution in [0.5, 0.6) is 5.75 Å². The van der Waals surface area contributed by atoms with Crippen molar-refractivity contribution in [3.63, 3.8) is 0 Å². The molecule has 35 heavy (non-hydrogen) atoms. The van der Waals surface area contributed by atoms with Gasteiger partial charge in [-0.15, -0.1) is 0 Å². The number of nitrogens with one attached hydrogen (secondary N) is 2. The highest BCUT2D eigenvalue weighted by Gasteiger charge is 2.17. The molecular weight excluding hydrogens is 536 g/mol. The summed E-state index contributed by atoms with van der Waals surface area (Å²) in [5.41, 5.74) is 1.90. The Morgan fingerprint density at radius 3 is 2.31 bits per heavy atom. The average Bonchev–Trinajstić information content (AvgIpc) is 3.27. The molecule has 0 saturated heterocycles. The van der Waals surface area contributed by atoms with Gasteiger partial charge in [0.25, 0.3) is 15.9 Å². The van der Waals surface area contributed by atoms with Crippen LogP contribution in [0.15, 0.2) is 76.2 Å². The third-order valence-corrected chi connectivity index (χ3v) is 6.55. The third kappa shape index (κ3) is 6.43. The summed E-state index contributed by atoms with van der Waals surface area (Å²) >= 11 is 3.36. The number of carbonyl (C=O) groups excluding carboxylic acids is 1. The SMILES string of the molecule is Cc1cc(C)nc(NS(=O)(=O)c2ccc(NC(=O)c3ccn(COc4ccc(Br)cc4)n3)cc2)n1. The number of aryl methyl sites for hydroxylation is 2. The van der Waals surface area contributed by atoms with E-state index in [0.29, 0.717) is 22.8 Å². The molecule has 0 saturated carbocycles. The van der Waals surface area contributed by atoms with Gasteiger partial charge in [0.2, 0.25) is 5.95 Å². The van der Waals surface area contributed by atoms with Crippen molar-refractivity contribution >= 4 is 43.5 Å². The number of halogens is 1. The standard InChI is InChI=1S/C23H21BrN6O4S/c1-15-13-16(2)26-23(25-15)29-35(32,33)20-9-5-18(6-10-20)27-22(31)21-11-12-30(28-21)14-34-19-7-3-17(24)4-8-19/h3-13H,14H2,1-2H3,(H,27,31)(H,25,26,29). The number of nitrogens with zero attached hydrogens (tertiary/aromatic N) is 4. The first-order valence-electron chi connectivity index (χ1n) is 10.4. The Bertz CT molecular complexity index is 1430. The summed E-state index contributed by atoms with van der Waals surface area (Å²) in [6.07, 6.45) is 1.63. The topological polar surface area (TPSA) is 128 Å². The molecule has 0 aliphatic rings. The van der Waals surface area contributed by atoms with E-state index < -0.39 is 15.9 Å². The lowest BCUT2D eigenvalue weighted by Gasteiger charge is -2.09. The molecule has 0 fully saturated rings. The molecule has 4 rings (SSSR count). The van der Waals surface area contributed by atoms with Crippen LogP contribution in [0.25, 0.3) is 0 Å². The maximum absolute atomic E-state index is 12.7. The number of benzene rings is 2. The molecule has 180 valence electrons. The summed E-state index contributed by atoms with van der Waals surface area (Å²) in [6.45, 7) is 3.64. The number of ether oxygens (including phenoxy) is 1. The highest BCUT2D eigenvalue weighted by molar-refractivity contribution is 9.10. The first-order chi connectivity index (χ1) is 16.7. The van der Waals surface area contributed by atoms with Crippen LogP contribution in [0.4, 0.5) is 11.6 Å². The summed E-state index contributed by atoms with van der Waals surface area (Å²) in [6, 6.07) is 16.4. The zero-order valence-corrected chi connectivity index (χ0v) is 21.2. The molecular formula is C23H21BrN6O4S. The Morgan fingerprint density at radius 2 is 1.66 bits per heavy atom. The van der Waals surface area contributed by atoms with Crippen LogP contribution in [-0.4, -0.2) is 34.1 Å². The summed E-state index contributed by atoms with van der Waals surface area (Å²) in [5, 5.41) is 6.90. The van der Waals surface area contributed by atoms with E-state index in [0.717, 1.165) is 4.47 Å². The van der Waals surface area contributed by atoms with Crippen LogP contribution in [-0.2, 0) is 16.8 Å². The quantitative estimate of drug-likeness (QED) is 0.333. The maximum Gasteiger partial charge on any atom is 0.276 e. The molecule has 2 heterocycles. The van der Waals surface area contributed by atoms with Crippen molar-refractivity contribution in [1.29, 1.82) is 0 Å². The lowest BCUT2D eigenvalue weighted by Crippen LogP contribution is -2.16. The number of anilines is 2. The van der Waals surface area contributed by atoms with Gasteiger partial charge in [-0.05, 0) is 74.5 Å². The molecule has 4 aromatic rings. The van der Waals surface area contributed by atoms with Crippen LogP contribution in [0.1, 0.15) is 21.9 Å². The Balaban J connectivity index is 1.36. The van der Waals surface area contributed by atoms with Crippen molar-refractivity contribution < 1.29 is 17.9 Å². The molecule has 10 nitrogen and oxygen atoms in total. The smallest absolute Gasteiger partial charge is 0.276 e. The zero-order valence-electron chi connectivity index (χ0n) is 18.8. The largest absolute Gasteiger partial charge is 0.471 e. The fourth-order valence-electron chi connectivity index (χ4n) is 3.09. The summed E-state index contributed by atoms with van der Waals surface area (Å²) < 4.78 is 35.8. The van der Waals surface area contributed by atoms with Gasteiger partial charge in [-0.2, -0.15) is 5.10 Å². The second kappa shape index (κ2) is 10.2. The predicted molar refractivity (Wildman–Crippen MR) is 134 cm³/mol. The van der Waals surface area contributed by atoms with Crippen molar-refractivity contribution in [3.8, 4) is 5.75 Å². The van der Waals surface area contributed by atoms with E-state index in [1.165, 1.54) is 28.9 Å². The third-order valence-electron chi connectivity index (χ3n) is 4.68. The van der Waals surface area contributed by atoms with Gasteiger partial charge in [-0.3, -0.25) is 4.79 Å². The van der Waals surface area contributed by atoms with Gasteiger partial charge < -0.3 is 10.1 Å². The number of aromatic nitrogens is 4. The van der Waals surface area contributed by atoms with Gasteiger partial charge in [0.15, 0.2) is 12.4 Å². The van der Waals surface area contributed by atoms with E-state index in [2.05, 4.69) is 41.0 Å². The molecule has 0 bridgehead atoms. The van der Waals surface area contributed by atoms with E-state index in [1.54, 1.807) is 32.2 Å². The Hall–Kier alpha value is -3.77. The van der Waals surface area contributed by atoms with Crippen LogP contribution >= 0.6 is 15.9 Å². The van der Waals surface area contributed by atoms with Crippen molar-refractivity contribution in [3.05, 3.63) is 88.4 Å². The lowest BCUT2D eigenvalue weighted by molar-refractivity contribution is 0.102. The predicted octanol–water partition coefficient (Wildman–Crippen LogP) is 4.14. The second-order valence-corrected chi connectivity index (χ2v) is 10.1. The van der Waals surface area contributed by atoms with Gasteiger partial charge in [0.05, 0.1) is 4.90 Å². The summed E-state index contributed by atoms with van der Waals surface area (Å²) in [5.74, 6) is 0.229. The molecule has 0 radical (unpaired) electrons. The minimum Gasteiger partial charge on any atom is -0.471 e. The molecule has 2 aromatic heterocycles. The van der Waals surface area contributed by atoms with E-state index in [1.807, 2.05) is 24.3 Å². The van der Waals surface area contributed by atoms with Crippen LogP contribution in [0, 0.1) is 13.8 Å². The van der Waals surface area contributed by atoms with Crippen LogP contribution in [0.2, 0.25) is 0 Å². The first kappa shape index (κ1) is 24.4. The Morgan fingerprint density at radius 1 is 1.00 bits per heavy atom. The Kier molecular flexibility index (Phi) is 7.12. The number of amides is 1. The summed E-state index contributed by atoms with van der Waals surface area (Å²) in [7, 11) is -3.89. The van der Waals surface area contributed by atoms with Crippen LogP contribution < -0.4 is 14.8 Å². The molecule has 2 N–H and O–H groups in total. The normalized spacial score (nSPS) is 11.2. The van der Waals surface area contributed by atoms with E-state index >= 15 is 0 Å². The number of hydrogen-bond acceptors (Lipinski definition) is 7. The molecule has 0 unspecified atom stereocenters. The van der Waals surface area contributed by atoms with Gasteiger partial charge in [-0.1, -0.05) is 15.9 Å². The average molecular weight is 557 g/mol. The highest BCUT2D eigenvalue weighted by Crippen LogP contribution is 2.18. The van der Waals surface area contributed by atoms with Gasteiger partial charge >= 0.3 is 0 Å². The highest BCUT2D eigenvalue weighted by atomic mass is 79.9. The number of rotatable bonds is 8. The second-order valence-electron chi connectivity index (χ2n) is 7.53. The molecule has 0 aliphatic heterocycles. The van der Waals surface area contributed by atoms with Gasteiger partial charge in [0.1, 0.15) is 5.75 Å². The van der Waals surface area contributed by atoms with Crippen molar-refractivity contribution in [2.45, 2.75) is 25.5 Å². The molecule has 0 atom stereocenters. The van der Waals surface area contributed by atoms with Crippen molar-refractivity contribution in [2.24, 2.45) is 0 Å². The molecule has 1 amide bonds. The fourth-order valence-corrected chi connectivity index (χ4v) is 4.30. The maximum atomic E-state index is 12.7. The monoisotopic (exact) mass is 556 g/mol. The number of hydrogen-bond donors (Lipinski definition) is 2. The van der Waals surface area contributed by atoms with Crippen molar-refractivity contribution in [1.82, 2.24) is 19.7 Å². The minimum absolute atomic E-state index is 0.000389. The van der Waals surface area contributed by atoms with Crippen molar-refractivity contribution in [2.75, 3.05) is 10.0 Å². The molecule has 12 heteroatoms. The minimum atomic E-state index is -3.89. The van der Waals surface area contributed by atoms with E-state index in [-0.39, 0.29) is 23.3 Å². The van der Waals surface area contributed by atoms with Crippen LogP contribution in [0.3, 0.4) is 0 Å². The van der Waals surface area contributed by atoms with E-state index in [4.69, 9.17) is 4.74 Å². The molecule has 0 aliphatic carbocycles. The summed E-state index contributed by atoms with van der Waals surface area (Å²) in [4.78, 5) is 20.7. The lowest BCUT2D eigenvalue weighted by atomic mass is 10.3. The number of carbonyl (C=O) groups is 1. The zero-order chi connectivity index (χ0) is 25.0.